The lowest BCUT2D eigenvalue weighted by Gasteiger charge is -2.25. The molecule has 0 saturated heterocycles. The topological polar surface area (TPSA) is 92.4 Å². The summed E-state index contributed by atoms with van der Waals surface area (Å²) in [5, 5.41) is 16.7. The van der Waals surface area contributed by atoms with Crippen molar-refractivity contribution in [3.8, 4) is 0 Å². The minimum Gasteiger partial charge on any atom is -0.480 e. The highest BCUT2D eigenvalue weighted by molar-refractivity contribution is 5.90. The Bertz CT molecular complexity index is 686. The molecule has 2 N–H and O–H groups in total. The Kier molecular flexibility index (Phi) is 3.37. The summed E-state index contributed by atoms with van der Waals surface area (Å²) in [6.07, 6.45) is 2.62. The zero-order valence-corrected chi connectivity index (χ0v) is 11.5. The van der Waals surface area contributed by atoms with Gasteiger partial charge in [-0.2, -0.15) is 0 Å². The van der Waals surface area contributed by atoms with Gasteiger partial charge in [-0.15, -0.1) is 0 Å². The third kappa shape index (κ3) is 2.49. The first-order valence-corrected chi connectivity index (χ1v) is 6.98. The van der Waals surface area contributed by atoms with E-state index in [4.69, 9.17) is 4.52 Å². The summed E-state index contributed by atoms with van der Waals surface area (Å²) in [6.45, 7) is 0. The van der Waals surface area contributed by atoms with Crippen LogP contribution in [0, 0.1) is 0 Å². The van der Waals surface area contributed by atoms with Gasteiger partial charge in [0.05, 0.1) is 6.42 Å². The van der Waals surface area contributed by atoms with Crippen molar-refractivity contribution in [2.24, 2.45) is 0 Å². The average Bonchev–Trinajstić information content (AvgIpc) is 3.08. The van der Waals surface area contributed by atoms with E-state index >= 15 is 0 Å². The highest BCUT2D eigenvalue weighted by Crippen LogP contribution is 2.30. The van der Waals surface area contributed by atoms with Crippen LogP contribution >= 0.6 is 0 Å². The quantitative estimate of drug-likeness (QED) is 0.896. The van der Waals surface area contributed by atoms with Crippen LogP contribution in [-0.2, 0) is 16.0 Å². The maximum Gasteiger partial charge on any atom is 0.329 e. The number of carboxylic acid groups (broad SMARTS) is 1. The predicted octanol–water partition coefficient (Wildman–Crippen LogP) is 1.88. The van der Waals surface area contributed by atoms with Gasteiger partial charge in [-0.25, -0.2) is 4.79 Å². The molecule has 1 fully saturated rings. The number of carbonyl (C=O) groups is 2. The van der Waals surface area contributed by atoms with E-state index in [1.807, 2.05) is 18.2 Å². The number of fused-ring (bicyclic) bond motifs is 1. The van der Waals surface area contributed by atoms with Crippen molar-refractivity contribution < 1.29 is 19.2 Å². The highest BCUT2D eigenvalue weighted by Gasteiger charge is 2.42. The van der Waals surface area contributed by atoms with E-state index in [2.05, 4.69) is 10.5 Å². The molecular formula is C15H16N2O4. The number of amides is 1. The normalized spacial score (nSPS) is 17.0. The van der Waals surface area contributed by atoms with Crippen LogP contribution in [0.2, 0.25) is 0 Å². The number of benzene rings is 1. The molecule has 0 atom stereocenters. The van der Waals surface area contributed by atoms with Gasteiger partial charge >= 0.3 is 5.97 Å². The summed E-state index contributed by atoms with van der Waals surface area (Å²) in [7, 11) is 0. The van der Waals surface area contributed by atoms with Crippen LogP contribution in [0.1, 0.15) is 31.4 Å². The predicted molar refractivity (Wildman–Crippen MR) is 74.7 cm³/mol. The fraction of sp³-hybridized carbons (Fsp3) is 0.400. The van der Waals surface area contributed by atoms with Gasteiger partial charge in [0.1, 0.15) is 11.2 Å². The molecule has 6 heteroatoms. The molecule has 1 aliphatic carbocycles. The van der Waals surface area contributed by atoms with E-state index in [0.29, 0.717) is 24.1 Å². The molecule has 1 saturated carbocycles. The first-order chi connectivity index (χ1) is 10.1. The first-order valence-electron chi connectivity index (χ1n) is 6.98. The molecule has 3 rings (SSSR count). The third-order valence-corrected chi connectivity index (χ3v) is 4.03. The van der Waals surface area contributed by atoms with Crippen LogP contribution in [0.4, 0.5) is 0 Å². The smallest absolute Gasteiger partial charge is 0.329 e. The molecule has 0 spiro atoms. The van der Waals surface area contributed by atoms with Crippen molar-refractivity contribution in [3.63, 3.8) is 0 Å². The Balaban J connectivity index is 1.76. The van der Waals surface area contributed by atoms with Gasteiger partial charge in [-0.3, -0.25) is 4.79 Å². The molecule has 0 radical (unpaired) electrons. The number of para-hydroxylation sites is 1. The van der Waals surface area contributed by atoms with E-state index in [1.54, 1.807) is 6.07 Å². The second kappa shape index (κ2) is 5.20. The van der Waals surface area contributed by atoms with Crippen molar-refractivity contribution in [1.29, 1.82) is 0 Å². The average molecular weight is 288 g/mol. The van der Waals surface area contributed by atoms with Gasteiger partial charge in [0.25, 0.3) is 0 Å². The van der Waals surface area contributed by atoms with Gasteiger partial charge in [0.15, 0.2) is 5.58 Å². The fourth-order valence-electron chi connectivity index (χ4n) is 2.90. The van der Waals surface area contributed by atoms with Crippen LogP contribution in [0.3, 0.4) is 0 Å². The second-order valence-electron chi connectivity index (χ2n) is 5.44. The Labute approximate surface area is 121 Å². The van der Waals surface area contributed by atoms with Gasteiger partial charge in [0.2, 0.25) is 5.91 Å². The largest absolute Gasteiger partial charge is 0.480 e. The van der Waals surface area contributed by atoms with Crippen molar-refractivity contribution in [3.05, 3.63) is 30.0 Å². The van der Waals surface area contributed by atoms with Crippen LogP contribution in [0.25, 0.3) is 11.0 Å². The SMILES string of the molecule is O=C(Cc1noc2ccccc12)NC1(C(=O)O)CCCC1. The van der Waals surface area contributed by atoms with Crippen molar-refractivity contribution in [2.45, 2.75) is 37.6 Å². The minimum atomic E-state index is -1.11. The lowest BCUT2D eigenvalue weighted by Crippen LogP contribution is -2.53. The van der Waals surface area contributed by atoms with E-state index in [1.165, 1.54) is 0 Å². The molecule has 21 heavy (non-hydrogen) atoms. The molecule has 0 unspecified atom stereocenters. The molecule has 0 aliphatic heterocycles. The summed E-state index contributed by atoms with van der Waals surface area (Å²) in [5.41, 5.74) is 0.0344. The van der Waals surface area contributed by atoms with E-state index in [0.717, 1.165) is 18.2 Å². The lowest BCUT2D eigenvalue weighted by atomic mass is 9.97. The lowest BCUT2D eigenvalue weighted by molar-refractivity contribution is -0.147. The fourth-order valence-corrected chi connectivity index (χ4v) is 2.90. The number of nitrogens with one attached hydrogen (secondary N) is 1. The molecule has 1 aliphatic rings. The maximum atomic E-state index is 12.2. The Morgan fingerprint density at radius 3 is 2.71 bits per heavy atom. The Morgan fingerprint density at radius 2 is 2.00 bits per heavy atom. The monoisotopic (exact) mass is 288 g/mol. The minimum absolute atomic E-state index is 0.0199. The number of carbonyl (C=O) groups excluding carboxylic acids is 1. The van der Waals surface area contributed by atoms with Crippen LogP contribution < -0.4 is 5.32 Å². The zero-order valence-electron chi connectivity index (χ0n) is 11.5. The molecule has 6 nitrogen and oxygen atoms in total. The van der Waals surface area contributed by atoms with Crippen molar-refractivity contribution >= 4 is 22.8 Å². The number of nitrogens with zero attached hydrogens (tertiary/aromatic N) is 1. The van der Waals surface area contributed by atoms with Crippen LogP contribution in [0.5, 0.6) is 0 Å². The van der Waals surface area contributed by atoms with E-state index in [-0.39, 0.29) is 12.3 Å². The van der Waals surface area contributed by atoms with E-state index < -0.39 is 11.5 Å². The number of aromatic nitrogens is 1. The maximum absolute atomic E-state index is 12.2. The first kappa shape index (κ1) is 13.6. The van der Waals surface area contributed by atoms with Gasteiger partial charge < -0.3 is 14.9 Å². The second-order valence-corrected chi connectivity index (χ2v) is 5.44. The Morgan fingerprint density at radius 1 is 1.29 bits per heavy atom. The molecule has 1 aromatic carbocycles. The van der Waals surface area contributed by atoms with Crippen LogP contribution in [-0.4, -0.2) is 27.7 Å². The summed E-state index contributed by atoms with van der Waals surface area (Å²) in [5.74, 6) is -1.29. The molecule has 1 heterocycles. The summed E-state index contributed by atoms with van der Waals surface area (Å²) in [4.78, 5) is 23.6. The molecule has 0 bridgehead atoms. The number of carboxylic acids is 1. The van der Waals surface area contributed by atoms with Gasteiger partial charge in [-0.1, -0.05) is 30.1 Å². The molecular weight excluding hydrogens is 272 g/mol. The standard InChI is InChI=1S/C15H16N2O4/c18-13(16-15(14(19)20)7-3-4-8-15)9-11-10-5-1-2-6-12(10)21-17-11/h1-2,5-6H,3-4,7-9H2,(H,16,18)(H,19,20). The number of hydrogen-bond acceptors (Lipinski definition) is 4. The third-order valence-electron chi connectivity index (χ3n) is 4.03. The zero-order chi connectivity index (χ0) is 14.9. The Hall–Kier alpha value is -2.37. The van der Waals surface area contributed by atoms with Gasteiger partial charge in [-0.05, 0) is 25.0 Å². The summed E-state index contributed by atoms with van der Waals surface area (Å²) >= 11 is 0. The number of hydrogen-bond donors (Lipinski definition) is 2. The van der Waals surface area contributed by atoms with Crippen molar-refractivity contribution in [2.75, 3.05) is 0 Å². The molecule has 1 aromatic heterocycles. The van der Waals surface area contributed by atoms with Crippen molar-refractivity contribution in [1.82, 2.24) is 10.5 Å². The molecule has 1 amide bonds. The number of aliphatic carboxylic acids is 1. The van der Waals surface area contributed by atoms with Crippen LogP contribution in [0.15, 0.2) is 28.8 Å². The summed E-state index contributed by atoms with van der Waals surface area (Å²) < 4.78 is 5.15. The summed E-state index contributed by atoms with van der Waals surface area (Å²) in [6, 6.07) is 7.28. The molecule has 110 valence electrons. The number of rotatable bonds is 4. The van der Waals surface area contributed by atoms with E-state index in [9.17, 15) is 14.7 Å². The highest BCUT2D eigenvalue weighted by atomic mass is 16.5. The van der Waals surface area contributed by atoms with Gasteiger partial charge in [0, 0.05) is 5.39 Å². The molecule has 2 aromatic rings.